The summed E-state index contributed by atoms with van der Waals surface area (Å²) in [5, 5.41) is 0.0359. The molecule has 1 aromatic carbocycles. The highest BCUT2D eigenvalue weighted by atomic mass is 35.5. The standard InChI is InChI=1S/C9H10ClN3O3S.ClH/c1-17(15,16)7-4-5(2-3-6(7)10)8(14)13-9(11)12;/h2-4H,1H3,(H4,11,12,13,14);1H. The van der Waals surface area contributed by atoms with E-state index in [-0.39, 0.29) is 27.9 Å². The number of rotatable bonds is 2. The maximum Gasteiger partial charge on any atom is 0.280 e. The second-order valence-corrected chi connectivity index (χ2v) is 5.65. The summed E-state index contributed by atoms with van der Waals surface area (Å²) in [4.78, 5) is 14.6. The van der Waals surface area contributed by atoms with Gasteiger partial charge in [-0.3, -0.25) is 4.79 Å². The van der Waals surface area contributed by atoms with E-state index in [0.29, 0.717) is 0 Å². The minimum Gasteiger partial charge on any atom is -0.370 e. The number of halogens is 2. The predicted molar refractivity (Wildman–Crippen MR) is 72.0 cm³/mol. The fourth-order valence-corrected chi connectivity index (χ4v) is 2.40. The zero-order valence-electron chi connectivity index (χ0n) is 9.25. The van der Waals surface area contributed by atoms with Gasteiger partial charge >= 0.3 is 0 Å². The molecule has 0 aliphatic heterocycles. The van der Waals surface area contributed by atoms with Gasteiger partial charge in [0.25, 0.3) is 5.91 Å². The quantitative estimate of drug-likeness (QED) is 0.612. The van der Waals surface area contributed by atoms with Crippen LogP contribution < -0.4 is 11.5 Å². The first kappa shape index (κ1) is 16.7. The second-order valence-electron chi connectivity index (χ2n) is 3.26. The van der Waals surface area contributed by atoms with Gasteiger partial charge < -0.3 is 11.5 Å². The number of aliphatic imine (C=N–C) groups is 1. The average Bonchev–Trinajstić information content (AvgIpc) is 2.15. The van der Waals surface area contributed by atoms with Crippen LogP contribution in [0, 0.1) is 0 Å². The molecule has 0 saturated carbocycles. The van der Waals surface area contributed by atoms with Gasteiger partial charge in [0, 0.05) is 11.8 Å². The number of guanidine groups is 1. The van der Waals surface area contributed by atoms with Crippen molar-refractivity contribution in [3.05, 3.63) is 28.8 Å². The molecule has 0 radical (unpaired) electrons. The first-order valence-electron chi connectivity index (χ1n) is 4.35. The SMILES string of the molecule is CS(=O)(=O)c1cc(C(=O)N=C(N)N)ccc1Cl.Cl. The maximum atomic E-state index is 11.5. The molecule has 0 spiro atoms. The molecular weight excluding hydrogens is 301 g/mol. The van der Waals surface area contributed by atoms with E-state index in [1.165, 1.54) is 12.1 Å². The lowest BCUT2D eigenvalue weighted by atomic mass is 10.2. The Morgan fingerprint density at radius 2 is 1.89 bits per heavy atom. The van der Waals surface area contributed by atoms with Gasteiger partial charge in [-0.05, 0) is 18.2 Å². The van der Waals surface area contributed by atoms with Gasteiger partial charge in [-0.15, -0.1) is 12.4 Å². The van der Waals surface area contributed by atoms with Crippen molar-refractivity contribution in [2.45, 2.75) is 4.90 Å². The predicted octanol–water partition coefficient (Wildman–Crippen LogP) is 0.579. The molecule has 1 aromatic rings. The van der Waals surface area contributed by atoms with Crippen LogP contribution in [0.2, 0.25) is 5.02 Å². The minimum atomic E-state index is -3.51. The van der Waals surface area contributed by atoms with Crippen LogP contribution in [0.1, 0.15) is 10.4 Å². The normalized spacial score (nSPS) is 10.3. The lowest BCUT2D eigenvalue weighted by Crippen LogP contribution is -2.24. The molecule has 9 heteroatoms. The molecule has 6 nitrogen and oxygen atoms in total. The van der Waals surface area contributed by atoms with E-state index < -0.39 is 21.7 Å². The Morgan fingerprint density at radius 1 is 1.33 bits per heavy atom. The number of amides is 1. The van der Waals surface area contributed by atoms with Crippen LogP contribution >= 0.6 is 24.0 Å². The van der Waals surface area contributed by atoms with Crippen LogP contribution in [0.25, 0.3) is 0 Å². The van der Waals surface area contributed by atoms with Gasteiger partial charge in [-0.25, -0.2) is 8.42 Å². The fourth-order valence-electron chi connectivity index (χ4n) is 1.10. The lowest BCUT2D eigenvalue weighted by molar-refractivity contribution is 0.100. The number of nitrogens with two attached hydrogens (primary N) is 2. The molecule has 0 unspecified atom stereocenters. The van der Waals surface area contributed by atoms with Crippen molar-refractivity contribution < 1.29 is 13.2 Å². The highest BCUT2D eigenvalue weighted by Gasteiger charge is 2.15. The first-order valence-corrected chi connectivity index (χ1v) is 6.62. The average molecular weight is 312 g/mol. The van der Waals surface area contributed by atoms with Crippen LogP contribution in [-0.4, -0.2) is 26.5 Å². The number of hydrogen-bond acceptors (Lipinski definition) is 3. The van der Waals surface area contributed by atoms with Crippen LogP contribution in [0.15, 0.2) is 28.1 Å². The molecule has 0 heterocycles. The van der Waals surface area contributed by atoms with Crippen molar-refractivity contribution in [2.75, 3.05) is 6.26 Å². The number of sulfone groups is 1. The van der Waals surface area contributed by atoms with Gasteiger partial charge in [-0.2, -0.15) is 4.99 Å². The van der Waals surface area contributed by atoms with E-state index in [4.69, 9.17) is 23.1 Å². The summed E-state index contributed by atoms with van der Waals surface area (Å²) < 4.78 is 22.7. The summed E-state index contributed by atoms with van der Waals surface area (Å²) >= 11 is 5.72. The fraction of sp³-hybridized carbons (Fsp3) is 0.111. The van der Waals surface area contributed by atoms with Crippen LogP contribution in [0.4, 0.5) is 0 Å². The molecule has 4 N–H and O–H groups in total. The summed E-state index contributed by atoms with van der Waals surface area (Å²) in [7, 11) is -3.51. The Labute approximate surface area is 115 Å². The Hall–Kier alpha value is -1.31. The molecule has 0 bridgehead atoms. The maximum absolute atomic E-state index is 11.5. The molecular formula is C9H11Cl2N3O3S. The molecule has 0 saturated heterocycles. The van der Waals surface area contributed by atoms with Crippen LogP contribution in [0.5, 0.6) is 0 Å². The van der Waals surface area contributed by atoms with Crippen molar-refractivity contribution in [1.29, 1.82) is 0 Å². The Morgan fingerprint density at radius 3 is 2.33 bits per heavy atom. The monoisotopic (exact) mass is 311 g/mol. The minimum absolute atomic E-state index is 0. The number of carbonyl (C=O) groups excluding carboxylic acids is 1. The third-order valence-electron chi connectivity index (χ3n) is 1.81. The van der Waals surface area contributed by atoms with E-state index in [1.807, 2.05) is 0 Å². The zero-order chi connectivity index (χ0) is 13.2. The van der Waals surface area contributed by atoms with Gasteiger partial charge in [0.1, 0.15) is 0 Å². The largest absolute Gasteiger partial charge is 0.370 e. The molecule has 0 atom stereocenters. The summed E-state index contributed by atoms with van der Waals surface area (Å²) in [6, 6.07) is 3.77. The second kappa shape index (κ2) is 6.03. The van der Waals surface area contributed by atoms with Crippen molar-refractivity contribution in [3.63, 3.8) is 0 Å². The van der Waals surface area contributed by atoms with Crippen LogP contribution in [-0.2, 0) is 9.84 Å². The van der Waals surface area contributed by atoms with Crippen LogP contribution in [0.3, 0.4) is 0 Å². The van der Waals surface area contributed by atoms with Gasteiger partial charge in [0.15, 0.2) is 15.8 Å². The zero-order valence-corrected chi connectivity index (χ0v) is 11.6. The van der Waals surface area contributed by atoms with Crippen molar-refractivity contribution >= 4 is 45.7 Å². The van der Waals surface area contributed by atoms with E-state index in [1.54, 1.807) is 0 Å². The molecule has 0 fully saturated rings. The van der Waals surface area contributed by atoms with Crippen molar-refractivity contribution in [3.8, 4) is 0 Å². The Bertz CT molecular complexity index is 595. The summed E-state index contributed by atoms with van der Waals surface area (Å²) in [6.45, 7) is 0. The van der Waals surface area contributed by atoms with Gasteiger partial charge in [-0.1, -0.05) is 11.6 Å². The Balaban J connectivity index is 0.00000289. The molecule has 1 rings (SSSR count). The van der Waals surface area contributed by atoms with Crippen molar-refractivity contribution in [1.82, 2.24) is 0 Å². The first-order chi connectivity index (χ1) is 7.71. The van der Waals surface area contributed by atoms with Gasteiger partial charge in [0.2, 0.25) is 0 Å². The molecule has 1 amide bonds. The van der Waals surface area contributed by atoms with E-state index in [9.17, 15) is 13.2 Å². The summed E-state index contributed by atoms with van der Waals surface area (Å²) in [5.41, 5.74) is 10.1. The number of benzene rings is 1. The topological polar surface area (TPSA) is 116 Å². The Kier molecular flexibility index (Phi) is 5.59. The van der Waals surface area contributed by atoms with Gasteiger partial charge in [0.05, 0.1) is 9.92 Å². The highest BCUT2D eigenvalue weighted by Crippen LogP contribution is 2.22. The summed E-state index contributed by atoms with van der Waals surface area (Å²) in [5.74, 6) is -1.13. The number of hydrogen-bond donors (Lipinski definition) is 2. The summed E-state index contributed by atoms with van der Waals surface area (Å²) in [6.07, 6.45) is 0.989. The smallest absolute Gasteiger partial charge is 0.280 e. The highest BCUT2D eigenvalue weighted by molar-refractivity contribution is 7.90. The molecule has 0 aromatic heterocycles. The molecule has 100 valence electrons. The number of carbonyl (C=O) groups is 1. The third kappa shape index (κ3) is 4.17. The van der Waals surface area contributed by atoms with E-state index >= 15 is 0 Å². The van der Waals surface area contributed by atoms with Crippen molar-refractivity contribution in [2.24, 2.45) is 16.5 Å². The lowest BCUT2D eigenvalue weighted by Gasteiger charge is -2.03. The third-order valence-corrected chi connectivity index (χ3v) is 3.39. The van der Waals surface area contributed by atoms with E-state index in [2.05, 4.69) is 4.99 Å². The molecule has 0 aliphatic rings. The molecule has 0 aliphatic carbocycles. The number of nitrogens with zero attached hydrogens (tertiary/aromatic N) is 1. The molecule has 18 heavy (non-hydrogen) atoms. The van der Waals surface area contributed by atoms with E-state index in [0.717, 1.165) is 12.3 Å².